The topological polar surface area (TPSA) is 149 Å². The summed E-state index contributed by atoms with van der Waals surface area (Å²) in [6.07, 6.45) is -1.53. The summed E-state index contributed by atoms with van der Waals surface area (Å²) in [7, 11) is 0. The number of esters is 2. The van der Waals surface area contributed by atoms with Crippen LogP contribution in [0, 0.1) is 0 Å². The molecule has 15 heteroatoms. The Labute approximate surface area is 447 Å². The monoisotopic (exact) mass is 1050 g/mol. The number of aromatic nitrogens is 1. The van der Waals surface area contributed by atoms with Crippen molar-refractivity contribution < 1.29 is 33.5 Å². The van der Waals surface area contributed by atoms with E-state index in [1.165, 1.54) is 28.0 Å². The number of hydrogen-bond donors (Lipinski definition) is 2. The Kier molecular flexibility index (Phi) is 15.6. The van der Waals surface area contributed by atoms with E-state index in [9.17, 15) is 19.2 Å². The highest BCUT2D eigenvalue weighted by molar-refractivity contribution is 8.00. The number of anilines is 1. The van der Waals surface area contributed by atoms with Crippen LogP contribution in [0.5, 0.6) is 0 Å². The fraction of sp³-hybridized carbons (Fsp3) is 0.133. The standard InChI is InChI=1S/C60H48ClN5O7S2/c61-36-44-38-74-57-51(56(69)66(57)52(44)58(70)73-54(42-26-12-3-13-27-42)43-28-14-4-15-29-43)63-55(68)50(65-71-37-49(67)72-53(40-22-8-1-9-23-40)41-24-10-2-11-25-41)48-39-75-59(62-48)64-60(45-30-16-5-17-31-45,46-32-18-6-19-33-46)47-34-20-7-21-35-47/h1-35,39,51,53-54,57H,36-38H2,(H,62,64)(H,63,68)/t51?,57-/m0/s1. The average Bonchev–Trinajstić information content (AvgIpc) is 3.95. The predicted molar refractivity (Wildman–Crippen MR) is 292 cm³/mol. The van der Waals surface area contributed by atoms with Crippen LogP contribution in [-0.4, -0.2) is 69.0 Å². The molecule has 3 heterocycles. The van der Waals surface area contributed by atoms with Gasteiger partial charge in [-0.25, -0.2) is 14.6 Å². The molecule has 1 unspecified atom stereocenters. The summed E-state index contributed by atoms with van der Waals surface area (Å²) in [4.78, 5) is 69.0. The molecule has 0 bridgehead atoms. The number of rotatable bonds is 19. The fourth-order valence-corrected chi connectivity index (χ4v) is 11.6. The molecule has 12 nitrogen and oxygen atoms in total. The number of fused-ring (bicyclic) bond motifs is 1. The van der Waals surface area contributed by atoms with Crippen LogP contribution in [0.15, 0.2) is 234 Å². The Balaban J connectivity index is 0.943. The van der Waals surface area contributed by atoms with Gasteiger partial charge in [0.05, 0.1) is 0 Å². The quantitative estimate of drug-likeness (QED) is 0.0200. The number of halogens is 1. The third kappa shape index (κ3) is 10.9. The predicted octanol–water partition coefficient (Wildman–Crippen LogP) is 10.8. The van der Waals surface area contributed by atoms with Gasteiger partial charge in [0.2, 0.25) is 6.61 Å². The van der Waals surface area contributed by atoms with E-state index >= 15 is 0 Å². The lowest BCUT2D eigenvalue weighted by Gasteiger charge is -2.49. The van der Waals surface area contributed by atoms with Crippen LogP contribution in [-0.2, 0) is 39.0 Å². The molecule has 7 aromatic carbocycles. The number of thiazole rings is 1. The van der Waals surface area contributed by atoms with Gasteiger partial charge >= 0.3 is 11.9 Å². The van der Waals surface area contributed by atoms with Crippen molar-refractivity contribution in [3.05, 3.63) is 274 Å². The maximum atomic E-state index is 14.7. The molecule has 0 aliphatic carbocycles. The zero-order valence-electron chi connectivity index (χ0n) is 40.1. The first-order valence-electron chi connectivity index (χ1n) is 24.1. The molecular formula is C60H48ClN5O7S2. The molecule has 8 aromatic rings. The molecule has 75 heavy (non-hydrogen) atoms. The van der Waals surface area contributed by atoms with E-state index < -0.39 is 59.5 Å². The highest BCUT2D eigenvalue weighted by atomic mass is 35.5. The minimum Gasteiger partial charge on any atom is -0.450 e. The highest BCUT2D eigenvalue weighted by Crippen LogP contribution is 2.43. The van der Waals surface area contributed by atoms with Gasteiger partial charge < -0.3 is 24.9 Å². The van der Waals surface area contributed by atoms with Crippen LogP contribution < -0.4 is 10.6 Å². The third-order valence-electron chi connectivity index (χ3n) is 12.8. The van der Waals surface area contributed by atoms with Crippen molar-refractivity contribution in [3.8, 4) is 0 Å². The first kappa shape index (κ1) is 50.2. The van der Waals surface area contributed by atoms with Gasteiger partial charge in [-0.15, -0.1) is 34.7 Å². The number of carbonyl (C=O) groups is 4. The van der Waals surface area contributed by atoms with Crippen LogP contribution in [0.1, 0.15) is 56.8 Å². The van der Waals surface area contributed by atoms with E-state index in [0.717, 1.165) is 38.9 Å². The largest absolute Gasteiger partial charge is 0.450 e. The smallest absolute Gasteiger partial charge is 0.356 e. The Morgan fingerprint density at radius 1 is 0.653 bits per heavy atom. The molecule has 2 aliphatic rings. The van der Waals surface area contributed by atoms with E-state index in [-0.39, 0.29) is 23.0 Å². The number of thioether (sulfide) groups is 1. The molecule has 1 saturated heterocycles. The molecule has 1 aromatic heterocycles. The first-order valence-corrected chi connectivity index (χ1v) is 26.5. The van der Waals surface area contributed by atoms with Crippen LogP contribution in [0.25, 0.3) is 0 Å². The number of oxime groups is 1. The fourth-order valence-electron chi connectivity index (χ4n) is 9.22. The minimum atomic E-state index is -1.10. The summed E-state index contributed by atoms with van der Waals surface area (Å²) >= 11 is 9.04. The van der Waals surface area contributed by atoms with Gasteiger partial charge in [-0.1, -0.05) is 217 Å². The molecule has 374 valence electrons. The molecule has 1 fully saturated rings. The Hall–Kier alpha value is -8.30. The number of alkyl halides is 1. The molecular weight excluding hydrogens is 1000 g/mol. The molecule has 2 amide bonds. The van der Waals surface area contributed by atoms with Gasteiger partial charge in [-0.05, 0) is 44.5 Å². The number of hydrogen-bond acceptors (Lipinski definition) is 12. The summed E-state index contributed by atoms with van der Waals surface area (Å²) in [5, 5.41) is 12.2. The molecule has 10 rings (SSSR count). The van der Waals surface area contributed by atoms with Crippen molar-refractivity contribution in [3.63, 3.8) is 0 Å². The van der Waals surface area contributed by atoms with Crippen LogP contribution in [0.2, 0.25) is 0 Å². The Bertz CT molecular complexity index is 3140. The molecule has 2 N–H and O–H groups in total. The number of carbonyl (C=O) groups excluding carboxylic acids is 4. The summed E-state index contributed by atoms with van der Waals surface area (Å²) < 4.78 is 12.2. The van der Waals surface area contributed by atoms with E-state index in [4.69, 9.17) is 30.9 Å². The maximum Gasteiger partial charge on any atom is 0.356 e. The normalized spacial score (nSPS) is 15.4. The van der Waals surface area contributed by atoms with Crippen molar-refractivity contribution in [1.82, 2.24) is 15.2 Å². The lowest BCUT2D eigenvalue weighted by Crippen LogP contribution is -2.71. The van der Waals surface area contributed by atoms with Gasteiger partial charge in [0.25, 0.3) is 11.8 Å². The van der Waals surface area contributed by atoms with Crippen LogP contribution in [0.4, 0.5) is 5.13 Å². The SMILES string of the molecule is O=C(CON=C(C(=O)NC1C(=O)N2C(C(=O)OC(c3ccccc3)c3ccccc3)=C(CCl)CS[C@@H]12)c1csc(NC(c2ccccc2)(c2ccccc2)c2ccccc2)n1)OC(c1ccccc1)c1ccccc1. The number of nitrogens with one attached hydrogen (secondary N) is 2. The zero-order chi connectivity index (χ0) is 51.6. The van der Waals surface area contributed by atoms with E-state index in [1.54, 1.807) is 5.38 Å². The van der Waals surface area contributed by atoms with Gasteiger partial charge in [0, 0.05) is 17.0 Å². The van der Waals surface area contributed by atoms with Gasteiger partial charge in [0.1, 0.15) is 28.3 Å². The number of benzene rings is 7. The summed E-state index contributed by atoms with van der Waals surface area (Å²) in [5.41, 5.74) is 5.17. The van der Waals surface area contributed by atoms with Crippen molar-refractivity contribution in [2.24, 2.45) is 5.16 Å². The minimum absolute atomic E-state index is 0.0272. The lowest BCUT2D eigenvalue weighted by molar-refractivity contribution is -0.154. The zero-order valence-corrected chi connectivity index (χ0v) is 42.5. The number of β-lactam (4-membered cyclic amide) rings is 1. The number of amides is 2. The van der Waals surface area contributed by atoms with Gasteiger partial charge in [0.15, 0.2) is 23.1 Å². The second kappa shape index (κ2) is 23.3. The summed E-state index contributed by atoms with van der Waals surface area (Å²) in [6, 6.07) is 66.1. The van der Waals surface area contributed by atoms with Crippen LogP contribution in [0.3, 0.4) is 0 Å². The van der Waals surface area contributed by atoms with Crippen molar-refractivity contribution in [1.29, 1.82) is 0 Å². The average molecular weight is 1050 g/mol. The van der Waals surface area contributed by atoms with Crippen LogP contribution >= 0.6 is 34.7 Å². The van der Waals surface area contributed by atoms with E-state index in [1.807, 2.05) is 212 Å². The third-order valence-corrected chi connectivity index (χ3v) is 15.2. The van der Waals surface area contributed by atoms with Crippen molar-refractivity contribution in [2.75, 3.05) is 23.6 Å². The maximum absolute atomic E-state index is 14.7. The highest BCUT2D eigenvalue weighted by Gasteiger charge is 2.55. The molecule has 0 spiro atoms. The molecule has 2 aliphatic heterocycles. The Morgan fingerprint density at radius 2 is 1.09 bits per heavy atom. The summed E-state index contributed by atoms with van der Waals surface area (Å²) in [5.74, 6) is -2.57. The lowest BCUT2D eigenvalue weighted by atomic mass is 9.77. The Morgan fingerprint density at radius 3 is 1.55 bits per heavy atom. The van der Waals surface area contributed by atoms with Gasteiger partial charge in [-0.3, -0.25) is 14.5 Å². The van der Waals surface area contributed by atoms with Gasteiger partial charge in [-0.2, -0.15) is 0 Å². The molecule has 2 atom stereocenters. The van der Waals surface area contributed by atoms with Crippen molar-refractivity contribution in [2.45, 2.75) is 29.2 Å². The number of ether oxygens (including phenoxy) is 2. The van der Waals surface area contributed by atoms with E-state index in [0.29, 0.717) is 16.5 Å². The van der Waals surface area contributed by atoms with Crippen molar-refractivity contribution >= 4 is 69.3 Å². The second-order valence-corrected chi connectivity index (χ2v) is 19.7. The number of nitrogens with zero attached hydrogens (tertiary/aromatic N) is 3. The van der Waals surface area contributed by atoms with E-state index in [2.05, 4.69) is 15.8 Å². The first-order chi connectivity index (χ1) is 36.8. The molecule has 0 radical (unpaired) electrons. The second-order valence-electron chi connectivity index (χ2n) is 17.5. The summed E-state index contributed by atoms with van der Waals surface area (Å²) in [6.45, 7) is -0.666. The molecule has 0 saturated carbocycles.